The number of allylic oxidation sites excluding steroid dienone is 2. The Morgan fingerprint density at radius 1 is 0.682 bits per heavy atom. The topological polar surface area (TPSA) is 17.1 Å². The van der Waals surface area contributed by atoms with E-state index in [1.54, 1.807) is 0 Å². The van der Waals surface area contributed by atoms with Crippen molar-refractivity contribution in [3.8, 4) is 0 Å². The molecule has 0 fully saturated rings. The fourth-order valence-corrected chi connectivity index (χ4v) is 2.82. The van der Waals surface area contributed by atoms with Gasteiger partial charge in [-0.25, -0.2) is 0 Å². The van der Waals surface area contributed by atoms with Crippen LogP contribution in [0.3, 0.4) is 0 Å². The van der Waals surface area contributed by atoms with Crippen molar-refractivity contribution in [2.45, 2.75) is 110 Å². The Labute approximate surface area is 143 Å². The second-order valence-corrected chi connectivity index (χ2v) is 6.82. The molecular weight excluding hydrogens is 292 g/mol. The summed E-state index contributed by atoms with van der Waals surface area (Å²) >= 11 is 5.30. The van der Waals surface area contributed by atoms with Gasteiger partial charge in [0.15, 0.2) is 0 Å². The van der Waals surface area contributed by atoms with Gasteiger partial charge >= 0.3 is 0 Å². The highest BCUT2D eigenvalue weighted by Gasteiger charge is 1.96. The lowest BCUT2D eigenvalue weighted by molar-refractivity contribution is -0.111. The number of carbonyl (C=O) groups is 1. The second kappa shape index (κ2) is 18.7. The third-order valence-electron chi connectivity index (χ3n) is 4.14. The number of hydrogen-bond acceptors (Lipinski definition) is 1. The molecule has 0 atom stereocenters. The standard InChI is InChI=1S/C20H37ClO/c1-2-3-4-5-6-7-8-9-10-11-12-13-14-15-16-17-18-19-20(21)22/h9-10H,2-8,11-19H2,1H3/b10-9-. The van der Waals surface area contributed by atoms with E-state index in [9.17, 15) is 4.79 Å². The summed E-state index contributed by atoms with van der Waals surface area (Å²) in [5.74, 6) is 0. The molecule has 22 heavy (non-hydrogen) atoms. The summed E-state index contributed by atoms with van der Waals surface area (Å²) in [5, 5.41) is -0.187. The minimum absolute atomic E-state index is 0.187. The smallest absolute Gasteiger partial charge is 0.221 e. The predicted molar refractivity (Wildman–Crippen MR) is 99.5 cm³/mol. The van der Waals surface area contributed by atoms with Crippen LogP contribution < -0.4 is 0 Å². The zero-order chi connectivity index (χ0) is 16.3. The van der Waals surface area contributed by atoms with Crippen molar-refractivity contribution in [3.63, 3.8) is 0 Å². The summed E-state index contributed by atoms with van der Waals surface area (Å²) in [6, 6.07) is 0. The van der Waals surface area contributed by atoms with Crippen molar-refractivity contribution < 1.29 is 4.79 Å². The Bertz CT molecular complexity index is 260. The summed E-state index contributed by atoms with van der Waals surface area (Å²) < 4.78 is 0. The van der Waals surface area contributed by atoms with Gasteiger partial charge in [0.05, 0.1) is 0 Å². The van der Waals surface area contributed by atoms with Crippen LogP contribution in [0.2, 0.25) is 0 Å². The van der Waals surface area contributed by atoms with Crippen molar-refractivity contribution in [3.05, 3.63) is 12.2 Å². The van der Waals surface area contributed by atoms with Gasteiger partial charge in [0.2, 0.25) is 5.24 Å². The van der Waals surface area contributed by atoms with Gasteiger partial charge in [0.1, 0.15) is 0 Å². The lowest BCUT2D eigenvalue weighted by Crippen LogP contribution is -1.86. The molecule has 0 aromatic carbocycles. The van der Waals surface area contributed by atoms with Crippen LogP contribution in [0.4, 0.5) is 0 Å². The Morgan fingerprint density at radius 3 is 1.55 bits per heavy atom. The Morgan fingerprint density at radius 2 is 1.09 bits per heavy atom. The lowest BCUT2D eigenvalue weighted by Gasteiger charge is -2.00. The van der Waals surface area contributed by atoms with Crippen LogP contribution in [-0.2, 0) is 4.79 Å². The van der Waals surface area contributed by atoms with E-state index in [1.807, 2.05) is 0 Å². The van der Waals surface area contributed by atoms with E-state index in [0.29, 0.717) is 6.42 Å². The molecule has 0 aromatic heterocycles. The maximum absolute atomic E-state index is 10.6. The van der Waals surface area contributed by atoms with Crippen molar-refractivity contribution in [1.29, 1.82) is 0 Å². The van der Waals surface area contributed by atoms with Gasteiger partial charge in [0, 0.05) is 6.42 Å². The summed E-state index contributed by atoms with van der Waals surface area (Å²) in [6.45, 7) is 2.27. The van der Waals surface area contributed by atoms with Gasteiger partial charge in [-0.15, -0.1) is 0 Å². The molecule has 0 aliphatic rings. The second-order valence-electron chi connectivity index (χ2n) is 6.40. The third kappa shape index (κ3) is 19.7. The monoisotopic (exact) mass is 328 g/mol. The third-order valence-corrected chi connectivity index (χ3v) is 4.32. The molecule has 0 saturated carbocycles. The minimum Gasteiger partial charge on any atom is -0.281 e. The largest absolute Gasteiger partial charge is 0.281 e. The van der Waals surface area contributed by atoms with E-state index in [0.717, 1.165) is 12.8 Å². The molecule has 0 heterocycles. The highest BCUT2D eigenvalue weighted by molar-refractivity contribution is 6.63. The van der Waals surface area contributed by atoms with Crippen LogP contribution >= 0.6 is 11.6 Å². The molecule has 0 aliphatic heterocycles. The first-order chi connectivity index (χ1) is 10.8. The number of hydrogen-bond donors (Lipinski definition) is 0. The van der Waals surface area contributed by atoms with E-state index in [2.05, 4.69) is 19.1 Å². The Balaban J connectivity index is 3.06. The molecule has 0 rings (SSSR count). The highest BCUT2D eigenvalue weighted by atomic mass is 35.5. The molecule has 0 saturated heterocycles. The van der Waals surface area contributed by atoms with Crippen LogP contribution in [0.5, 0.6) is 0 Å². The molecule has 0 spiro atoms. The number of unbranched alkanes of at least 4 members (excludes halogenated alkanes) is 13. The summed E-state index contributed by atoms with van der Waals surface area (Å²) in [7, 11) is 0. The minimum atomic E-state index is -0.187. The fraction of sp³-hybridized carbons (Fsp3) is 0.850. The van der Waals surface area contributed by atoms with E-state index in [-0.39, 0.29) is 5.24 Å². The van der Waals surface area contributed by atoms with Gasteiger partial charge < -0.3 is 0 Å². The van der Waals surface area contributed by atoms with Gasteiger partial charge in [-0.1, -0.05) is 83.3 Å². The average Bonchev–Trinajstić information content (AvgIpc) is 2.50. The molecule has 0 bridgehead atoms. The van der Waals surface area contributed by atoms with Crippen molar-refractivity contribution >= 4 is 16.8 Å². The summed E-state index contributed by atoms with van der Waals surface area (Å²) in [4.78, 5) is 10.6. The van der Waals surface area contributed by atoms with Crippen LogP contribution in [0, 0.1) is 0 Å². The fourth-order valence-electron chi connectivity index (χ4n) is 2.69. The SMILES string of the molecule is CCCCCCCC/C=C\CCCCCCCCCC(=O)Cl. The molecule has 2 heteroatoms. The van der Waals surface area contributed by atoms with Gasteiger partial charge in [-0.2, -0.15) is 0 Å². The van der Waals surface area contributed by atoms with E-state index < -0.39 is 0 Å². The van der Waals surface area contributed by atoms with Crippen LogP contribution in [-0.4, -0.2) is 5.24 Å². The van der Waals surface area contributed by atoms with Crippen molar-refractivity contribution in [1.82, 2.24) is 0 Å². The molecule has 130 valence electrons. The Hall–Kier alpha value is -0.300. The first-order valence-electron chi connectivity index (χ1n) is 9.60. The number of rotatable bonds is 17. The molecule has 0 N–H and O–H groups in total. The Kier molecular flexibility index (Phi) is 18.5. The molecule has 0 amide bonds. The van der Waals surface area contributed by atoms with E-state index >= 15 is 0 Å². The van der Waals surface area contributed by atoms with Gasteiger partial charge in [-0.3, -0.25) is 4.79 Å². The molecule has 0 aromatic rings. The van der Waals surface area contributed by atoms with Crippen LogP contribution in [0.15, 0.2) is 12.2 Å². The zero-order valence-corrected chi connectivity index (χ0v) is 15.5. The maximum Gasteiger partial charge on any atom is 0.221 e. The molecule has 0 aliphatic carbocycles. The number of carbonyl (C=O) groups excluding carboxylic acids is 1. The van der Waals surface area contributed by atoms with E-state index in [1.165, 1.54) is 83.5 Å². The first-order valence-corrected chi connectivity index (χ1v) is 9.98. The lowest BCUT2D eigenvalue weighted by atomic mass is 10.1. The van der Waals surface area contributed by atoms with Crippen LogP contribution in [0.25, 0.3) is 0 Å². The molecule has 0 radical (unpaired) electrons. The van der Waals surface area contributed by atoms with Crippen molar-refractivity contribution in [2.24, 2.45) is 0 Å². The average molecular weight is 329 g/mol. The van der Waals surface area contributed by atoms with Gasteiger partial charge in [0.25, 0.3) is 0 Å². The maximum atomic E-state index is 10.6. The first kappa shape index (κ1) is 21.7. The van der Waals surface area contributed by atoms with Crippen LogP contribution in [0.1, 0.15) is 110 Å². The highest BCUT2D eigenvalue weighted by Crippen LogP contribution is 2.11. The molecular formula is C20H37ClO. The summed E-state index contributed by atoms with van der Waals surface area (Å²) in [5.41, 5.74) is 0. The normalized spacial score (nSPS) is 11.4. The van der Waals surface area contributed by atoms with E-state index in [4.69, 9.17) is 11.6 Å². The molecule has 0 unspecified atom stereocenters. The van der Waals surface area contributed by atoms with Crippen molar-refractivity contribution in [2.75, 3.05) is 0 Å². The quantitative estimate of drug-likeness (QED) is 0.153. The predicted octanol–water partition coefficient (Wildman–Crippen LogP) is 7.57. The number of halogens is 1. The van der Waals surface area contributed by atoms with Gasteiger partial charge in [-0.05, 0) is 43.7 Å². The summed E-state index contributed by atoms with van der Waals surface area (Å²) in [6.07, 6.45) is 24.8. The molecule has 1 nitrogen and oxygen atoms in total. The zero-order valence-electron chi connectivity index (χ0n) is 14.8.